The summed E-state index contributed by atoms with van der Waals surface area (Å²) in [5.74, 6) is -0.394. The number of hydrogen-bond acceptors (Lipinski definition) is 3. The third-order valence-electron chi connectivity index (χ3n) is 4.20. The quantitative estimate of drug-likeness (QED) is 0.669. The number of halogens is 1. The number of nitrogens with zero attached hydrogens (tertiary/aromatic N) is 2. The average molecular weight is 363 g/mol. The van der Waals surface area contributed by atoms with Gasteiger partial charge in [0.1, 0.15) is 11.5 Å². The van der Waals surface area contributed by atoms with Crippen LogP contribution in [0.25, 0.3) is 0 Å². The summed E-state index contributed by atoms with van der Waals surface area (Å²) < 4.78 is 13.0. The molecule has 0 spiro atoms. The summed E-state index contributed by atoms with van der Waals surface area (Å²) in [7, 11) is 0. The molecule has 0 saturated heterocycles. The fourth-order valence-corrected chi connectivity index (χ4v) is 2.71. The molecule has 0 radical (unpaired) electrons. The van der Waals surface area contributed by atoms with E-state index in [0.717, 1.165) is 16.9 Å². The molecular weight excluding hydrogens is 341 g/mol. The van der Waals surface area contributed by atoms with Gasteiger partial charge in [-0.3, -0.25) is 4.79 Å². The maximum atomic E-state index is 13.0. The minimum Gasteiger partial charge on any atom is -0.354 e. The van der Waals surface area contributed by atoms with Gasteiger partial charge in [-0.15, -0.1) is 0 Å². The van der Waals surface area contributed by atoms with Crippen LogP contribution in [0.2, 0.25) is 0 Å². The first-order chi connectivity index (χ1) is 13.0. The molecule has 1 N–H and O–H groups in total. The van der Waals surface area contributed by atoms with Gasteiger partial charge in [-0.05, 0) is 55.8 Å². The minimum atomic E-state index is -0.285. The Bertz CT molecular complexity index is 878. The molecule has 0 atom stereocenters. The van der Waals surface area contributed by atoms with Crippen LogP contribution in [0.1, 0.15) is 29.9 Å². The first kappa shape index (κ1) is 18.6. The smallest absolute Gasteiger partial charge is 0.272 e. The molecule has 0 aliphatic heterocycles. The van der Waals surface area contributed by atoms with Crippen molar-refractivity contribution in [3.63, 3.8) is 0 Å². The Morgan fingerprint density at radius 2 is 1.67 bits per heavy atom. The van der Waals surface area contributed by atoms with Gasteiger partial charge in [-0.2, -0.15) is 0 Å². The lowest BCUT2D eigenvalue weighted by Crippen LogP contribution is -2.36. The lowest BCUT2D eigenvalue weighted by molar-refractivity contribution is 0.0684. The predicted octanol–water partition coefficient (Wildman–Crippen LogP) is 5.02. The van der Waals surface area contributed by atoms with E-state index in [-0.39, 0.29) is 17.8 Å². The largest absolute Gasteiger partial charge is 0.354 e. The summed E-state index contributed by atoms with van der Waals surface area (Å²) >= 11 is 0. The number of carbonyl (C=O) groups is 1. The van der Waals surface area contributed by atoms with Crippen LogP contribution >= 0.6 is 0 Å². The zero-order valence-corrected chi connectivity index (χ0v) is 15.4. The Morgan fingerprint density at radius 3 is 2.26 bits per heavy atom. The van der Waals surface area contributed by atoms with Crippen LogP contribution in [0.3, 0.4) is 0 Å². The highest BCUT2D eigenvalue weighted by Gasteiger charge is 2.20. The second kappa shape index (κ2) is 8.45. The van der Waals surface area contributed by atoms with Gasteiger partial charge in [0.25, 0.3) is 5.91 Å². The third kappa shape index (κ3) is 4.91. The standard InChI is InChI=1S/C22H22FN3O/c1-16(2)26(15-17-6-4-3-5-7-17)22(27)21-13-12-20(14-24-21)25-19-10-8-18(23)9-11-19/h3-14,16,25H,15H2,1-2H3. The number of benzene rings is 2. The number of anilines is 2. The van der Waals surface area contributed by atoms with Crippen molar-refractivity contribution in [2.75, 3.05) is 5.32 Å². The molecule has 138 valence electrons. The molecule has 0 bridgehead atoms. The molecular formula is C22H22FN3O. The van der Waals surface area contributed by atoms with Crippen molar-refractivity contribution in [2.24, 2.45) is 0 Å². The van der Waals surface area contributed by atoms with E-state index in [4.69, 9.17) is 0 Å². The summed E-state index contributed by atoms with van der Waals surface area (Å²) in [4.78, 5) is 19.0. The Kier molecular flexibility index (Phi) is 5.81. The minimum absolute atomic E-state index is 0.0523. The van der Waals surface area contributed by atoms with Crippen LogP contribution in [0.4, 0.5) is 15.8 Å². The number of carbonyl (C=O) groups excluding carboxylic acids is 1. The van der Waals surface area contributed by atoms with Crippen molar-refractivity contribution in [1.82, 2.24) is 9.88 Å². The number of nitrogens with one attached hydrogen (secondary N) is 1. The summed E-state index contributed by atoms with van der Waals surface area (Å²) in [6, 6.07) is 19.5. The molecule has 2 aromatic carbocycles. The fourth-order valence-electron chi connectivity index (χ4n) is 2.71. The van der Waals surface area contributed by atoms with Crippen molar-refractivity contribution < 1.29 is 9.18 Å². The molecule has 0 unspecified atom stereocenters. The Balaban J connectivity index is 1.72. The zero-order valence-electron chi connectivity index (χ0n) is 15.4. The van der Waals surface area contributed by atoms with Crippen LogP contribution in [-0.4, -0.2) is 21.8 Å². The molecule has 0 fully saturated rings. The predicted molar refractivity (Wildman–Crippen MR) is 105 cm³/mol. The maximum absolute atomic E-state index is 13.0. The number of hydrogen-bond donors (Lipinski definition) is 1. The van der Waals surface area contributed by atoms with Crippen molar-refractivity contribution in [2.45, 2.75) is 26.4 Å². The summed E-state index contributed by atoms with van der Waals surface area (Å²) in [5.41, 5.74) is 2.96. The average Bonchev–Trinajstić information content (AvgIpc) is 2.68. The summed E-state index contributed by atoms with van der Waals surface area (Å²) in [6.45, 7) is 4.52. The van der Waals surface area contributed by atoms with E-state index >= 15 is 0 Å². The molecule has 0 saturated carbocycles. The van der Waals surface area contributed by atoms with Crippen molar-refractivity contribution in [3.8, 4) is 0 Å². The van der Waals surface area contributed by atoms with E-state index in [9.17, 15) is 9.18 Å². The molecule has 27 heavy (non-hydrogen) atoms. The van der Waals surface area contributed by atoms with Crippen molar-refractivity contribution >= 4 is 17.3 Å². The Morgan fingerprint density at radius 1 is 1.00 bits per heavy atom. The summed E-state index contributed by atoms with van der Waals surface area (Å²) in [6.07, 6.45) is 1.61. The molecule has 3 aromatic rings. The normalized spacial score (nSPS) is 10.7. The van der Waals surface area contributed by atoms with E-state index in [1.165, 1.54) is 12.1 Å². The van der Waals surface area contributed by atoms with Gasteiger partial charge < -0.3 is 10.2 Å². The number of aromatic nitrogens is 1. The van der Waals surface area contributed by atoms with Crippen molar-refractivity contribution in [3.05, 3.63) is 90.0 Å². The SMILES string of the molecule is CC(C)N(Cc1ccccc1)C(=O)c1ccc(Nc2ccc(F)cc2)cn1. The van der Waals surface area contributed by atoms with Gasteiger partial charge in [-0.25, -0.2) is 9.37 Å². The topological polar surface area (TPSA) is 45.2 Å². The van der Waals surface area contributed by atoms with Crippen LogP contribution in [0.15, 0.2) is 72.9 Å². The molecule has 4 nitrogen and oxygen atoms in total. The van der Waals surface area contributed by atoms with Gasteiger partial charge in [0, 0.05) is 18.3 Å². The maximum Gasteiger partial charge on any atom is 0.272 e. The van der Waals surface area contributed by atoms with Gasteiger partial charge in [0.2, 0.25) is 0 Å². The van der Waals surface area contributed by atoms with Gasteiger partial charge in [0.05, 0.1) is 11.9 Å². The molecule has 0 aliphatic rings. The van der Waals surface area contributed by atoms with Crippen LogP contribution < -0.4 is 5.32 Å². The second-order valence-corrected chi connectivity index (χ2v) is 6.58. The number of amides is 1. The molecule has 5 heteroatoms. The van der Waals surface area contributed by atoms with Gasteiger partial charge in [-0.1, -0.05) is 30.3 Å². The van der Waals surface area contributed by atoms with E-state index < -0.39 is 0 Å². The molecule has 3 rings (SSSR count). The number of rotatable bonds is 6. The molecule has 1 amide bonds. The Labute approximate surface area is 158 Å². The third-order valence-corrected chi connectivity index (χ3v) is 4.20. The van der Waals surface area contributed by atoms with Crippen LogP contribution in [0, 0.1) is 5.82 Å². The van der Waals surface area contributed by atoms with Crippen LogP contribution in [-0.2, 0) is 6.54 Å². The molecule has 1 heterocycles. The van der Waals surface area contributed by atoms with E-state index in [1.54, 1.807) is 35.4 Å². The zero-order chi connectivity index (χ0) is 19.2. The lowest BCUT2D eigenvalue weighted by atomic mass is 10.1. The first-order valence-electron chi connectivity index (χ1n) is 8.86. The van der Waals surface area contributed by atoms with E-state index in [1.807, 2.05) is 44.2 Å². The molecule has 0 aliphatic carbocycles. The molecule has 1 aromatic heterocycles. The second-order valence-electron chi connectivity index (χ2n) is 6.58. The van der Waals surface area contributed by atoms with E-state index in [0.29, 0.717) is 12.2 Å². The monoisotopic (exact) mass is 363 g/mol. The van der Waals surface area contributed by atoms with Crippen molar-refractivity contribution in [1.29, 1.82) is 0 Å². The van der Waals surface area contributed by atoms with Gasteiger partial charge >= 0.3 is 0 Å². The van der Waals surface area contributed by atoms with E-state index in [2.05, 4.69) is 10.3 Å². The number of pyridine rings is 1. The Hall–Kier alpha value is -3.21. The highest BCUT2D eigenvalue weighted by molar-refractivity contribution is 5.92. The lowest BCUT2D eigenvalue weighted by Gasteiger charge is -2.26. The van der Waals surface area contributed by atoms with Gasteiger partial charge in [0.15, 0.2) is 0 Å². The fraction of sp³-hybridized carbons (Fsp3) is 0.182. The van der Waals surface area contributed by atoms with Crippen LogP contribution in [0.5, 0.6) is 0 Å². The highest BCUT2D eigenvalue weighted by Crippen LogP contribution is 2.18. The summed E-state index contributed by atoms with van der Waals surface area (Å²) in [5, 5.41) is 3.14. The highest BCUT2D eigenvalue weighted by atomic mass is 19.1. The first-order valence-corrected chi connectivity index (χ1v) is 8.86.